The normalized spacial score (nSPS) is 17.0. The monoisotopic (exact) mass is 351 g/mol. The Hall–Kier alpha value is -2.47. The smallest absolute Gasteiger partial charge is 0.188 e. The summed E-state index contributed by atoms with van der Waals surface area (Å²) in [7, 11) is 0. The minimum absolute atomic E-state index is 0.368. The molecule has 4 rings (SSSR count). The predicted octanol–water partition coefficient (Wildman–Crippen LogP) is 4.64. The van der Waals surface area contributed by atoms with Crippen LogP contribution in [-0.2, 0) is 0 Å². The van der Waals surface area contributed by atoms with E-state index >= 15 is 0 Å². The Morgan fingerprint density at radius 1 is 1.12 bits per heavy atom. The van der Waals surface area contributed by atoms with E-state index in [4.69, 9.17) is 4.98 Å². The summed E-state index contributed by atoms with van der Waals surface area (Å²) in [5, 5.41) is 4.11. The zero-order valence-electron chi connectivity index (χ0n) is 14.4. The van der Waals surface area contributed by atoms with Gasteiger partial charge in [0.15, 0.2) is 10.9 Å². The Morgan fingerprint density at radius 2 is 1.96 bits per heavy atom. The van der Waals surface area contributed by atoms with Gasteiger partial charge in [-0.3, -0.25) is 4.98 Å². The molecule has 128 valence electrons. The molecule has 0 unspecified atom stereocenters. The van der Waals surface area contributed by atoms with Gasteiger partial charge in [-0.1, -0.05) is 29.8 Å². The predicted molar refractivity (Wildman–Crippen MR) is 103 cm³/mol. The van der Waals surface area contributed by atoms with Crippen molar-refractivity contribution in [3.05, 3.63) is 58.9 Å². The summed E-state index contributed by atoms with van der Waals surface area (Å²) in [6.07, 6.45) is 7.78. The molecule has 3 aromatic rings. The highest BCUT2D eigenvalue weighted by molar-refractivity contribution is 7.15. The molecule has 1 aliphatic heterocycles. The quantitative estimate of drug-likeness (QED) is 0.742. The molecule has 0 bridgehead atoms. The third kappa shape index (κ3) is 3.49. The molecule has 0 spiro atoms. The van der Waals surface area contributed by atoms with Crippen LogP contribution < -0.4 is 10.2 Å². The lowest BCUT2D eigenvalue weighted by Gasteiger charge is -2.26. The van der Waals surface area contributed by atoms with Gasteiger partial charge in [-0.25, -0.2) is 9.97 Å². The van der Waals surface area contributed by atoms with Crippen LogP contribution in [0.5, 0.6) is 0 Å². The second-order valence-electron chi connectivity index (χ2n) is 6.43. The van der Waals surface area contributed by atoms with Gasteiger partial charge in [0.1, 0.15) is 5.82 Å². The van der Waals surface area contributed by atoms with Crippen LogP contribution >= 0.6 is 11.3 Å². The molecule has 0 amide bonds. The van der Waals surface area contributed by atoms with E-state index in [-0.39, 0.29) is 0 Å². The Morgan fingerprint density at radius 3 is 2.72 bits per heavy atom. The number of aryl methyl sites for hydroxylation is 2. The fourth-order valence-corrected chi connectivity index (χ4v) is 3.92. The molecule has 1 N–H and O–H groups in total. The molecule has 6 heteroatoms. The Bertz CT molecular complexity index is 858. The number of thiazole rings is 1. The van der Waals surface area contributed by atoms with Crippen LogP contribution in [0, 0.1) is 13.8 Å². The lowest BCUT2D eigenvalue weighted by atomic mass is 10.0. The highest BCUT2D eigenvalue weighted by Crippen LogP contribution is 2.35. The Kier molecular flexibility index (Phi) is 4.36. The number of nitrogens with one attached hydrogen (secondary N) is 1. The van der Waals surface area contributed by atoms with Crippen LogP contribution in [0.4, 0.5) is 16.8 Å². The Labute approximate surface area is 151 Å². The molecule has 5 nitrogen and oxygen atoms in total. The summed E-state index contributed by atoms with van der Waals surface area (Å²) in [6.45, 7) is 5.17. The lowest BCUT2D eigenvalue weighted by molar-refractivity contribution is 0.710. The molecule has 1 aliphatic rings. The summed E-state index contributed by atoms with van der Waals surface area (Å²) >= 11 is 1.62. The molecule has 1 aromatic carbocycles. The third-order valence-corrected chi connectivity index (χ3v) is 5.32. The van der Waals surface area contributed by atoms with E-state index in [0.717, 1.165) is 29.7 Å². The van der Waals surface area contributed by atoms with Crippen molar-refractivity contribution in [1.29, 1.82) is 0 Å². The van der Waals surface area contributed by atoms with E-state index in [2.05, 4.69) is 51.4 Å². The number of aromatic nitrogens is 3. The second-order valence-corrected chi connectivity index (χ2v) is 7.66. The maximum Gasteiger partial charge on any atom is 0.188 e. The zero-order chi connectivity index (χ0) is 17.2. The van der Waals surface area contributed by atoms with Gasteiger partial charge in [-0.2, -0.15) is 0 Å². The van der Waals surface area contributed by atoms with Gasteiger partial charge in [0, 0.05) is 17.6 Å². The molecule has 1 fully saturated rings. The van der Waals surface area contributed by atoms with E-state index in [1.807, 2.05) is 19.3 Å². The lowest BCUT2D eigenvalue weighted by Crippen LogP contribution is -2.23. The molecular weight excluding hydrogens is 330 g/mol. The highest BCUT2D eigenvalue weighted by Gasteiger charge is 2.27. The number of hydrogen-bond donors (Lipinski definition) is 1. The van der Waals surface area contributed by atoms with E-state index < -0.39 is 0 Å². The van der Waals surface area contributed by atoms with Crippen molar-refractivity contribution < 1.29 is 0 Å². The van der Waals surface area contributed by atoms with Crippen molar-refractivity contribution in [2.45, 2.75) is 32.7 Å². The summed E-state index contributed by atoms with van der Waals surface area (Å²) in [5.41, 5.74) is 2.64. The van der Waals surface area contributed by atoms with Crippen LogP contribution in [0.2, 0.25) is 0 Å². The Balaban J connectivity index is 1.58. The van der Waals surface area contributed by atoms with Crippen molar-refractivity contribution in [2.24, 2.45) is 0 Å². The van der Waals surface area contributed by atoms with E-state index in [0.29, 0.717) is 6.04 Å². The highest BCUT2D eigenvalue weighted by atomic mass is 32.1. The maximum atomic E-state index is 4.77. The van der Waals surface area contributed by atoms with Gasteiger partial charge in [-0.05, 0) is 32.3 Å². The SMILES string of the molecule is Cc1ccc([C@@H]2CCCN2c2cncc(Nc3ncc(C)s3)n2)cc1. The van der Waals surface area contributed by atoms with Crippen LogP contribution in [-0.4, -0.2) is 21.5 Å². The molecule has 3 heterocycles. The molecule has 0 radical (unpaired) electrons. The van der Waals surface area contributed by atoms with E-state index in [1.54, 1.807) is 17.5 Å². The first-order valence-corrected chi connectivity index (χ1v) is 9.35. The van der Waals surface area contributed by atoms with Gasteiger partial charge in [0.2, 0.25) is 0 Å². The van der Waals surface area contributed by atoms with Crippen molar-refractivity contribution in [2.75, 3.05) is 16.8 Å². The average Bonchev–Trinajstić information content (AvgIpc) is 3.25. The topological polar surface area (TPSA) is 53.9 Å². The van der Waals surface area contributed by atoms with E-state index in [9.17, 15) is 0 Å². The van der Waals surface area contributed by atoms with Gasteiger partial charge in [0.05, 0.1) is 18.4 Å². The summed E-state index contributed by atoms with van der Waals surface area (Å²) in [6, 6.07) is 9.19. The number of benzene rings is 1. The fraction of sp³-hybridized carbons (Fsp3) is 0.316. The van der Waals surface area contributed by atoms with Gasteiger partial charge >= 0.3 is 0 Å². The summed E-state index contributed by atoms with van der Waals surface area (Å²) in [5.74, 6) is 1.66. The second kappa shape index (κ2) is 6.80. The first kappa shape index (κ1) is 16.0. The van der Waals surface area contributed by atoms with Gasteiger partial charge < -0.3 is 10.2 Å². The molecule has 0 aliphatic carbocycles. The zero-order valence-corrected chi connectivity index (χ0v) is 15.3. The minimum atomic E-state index is 0.368. The number of hydrogen-bond acceptors (Lipinski definition) is 6. The molecule has 1 saturated heterocycles. The van der Waals surface area contributed by atoms with Crippen molar-refractivity contribution in [3.8, 4) is 0 Å². The number of rotatable bonds is 4. The van der Waals surface area contributed by atoms with Crippen molar-refractivity contribution in [1.82, 2.24) is 15.0 Å². The van der Waals surface area contributed by atoms with Gasteiger partial charge in [0.25, 0.3) is 0 Å². The third-order valence-electron chi connectivity index (χ3n) is 4.49. The first-order valence-electron chi connectivity index (χ1n) is 8.54. The molecule has 0 saturated carbocycles. The summed E-state index contributed by atoms with van der Waals surface area (Å²) in [4.78, 5) is 17.0. The van der Waals surface area contributed by atoms with Crippen molar-refractivity contribution in [3.63, 3.8) is 0 Å². The van der Waals surface area contributed by atoms with Crippen LogP contribution in [0.15, 0.2) is 42.9 Å². The number of nitrogens with zero attached hydrogens (tertiary/aromatic N) is 4. The largest absolute Gasteiger partial charge is 0.348 e. The number of anilines is 3. The fourth-order valence-electron chi connectivity index (χ4n) is 3.25. The summed E-state index contributed by atoms with van der Waals surface area (Å²) < 4.78 is 0. The molecular formula is C19H21N5S. The standard InChI is InChI=1S/C19H21N5S/c1-13-5-7-15(8-6-13)16-4-3-9-24(16)18-12-20-11-17(22-18)23-19-21-10-14(2)25-19/h5-8,10-12,16H,3-4,9H2,1-2H3,(H,21,22,23)/t16-/m0/s1. The van der Waals surface area contributed by atoms with Crippen molar-refractivity contribution >= 4 is 28.1 Å². The maximum absolute atomic E-state index is 4.77. The van der Waals surface area contributed by atoms with Gasteiger partial charge in [-0.15, -0.1) is 11.3 Å². The minimum Gasteiger partial charge on any atom is -0.348 e. The molecule has 2 aromatic heterocycles. The average molecular weight is 351 g/mol. The van der Waals surface area contributed by atoms with Crippen LogP contribution in [0.3, 0.4) is 0 Å². The molecule has 25 heavy (non-hydrogen) atoms. The molecule has 1 atom stereocenters. The van der Waals surface area contributed by atoms with E-state index in [1.165, 1.54) is 22.4 Å². The van der Waals surface area contributed by atoms with Crippen LogP contribution in [0.25, 0.3) is 0 Å². The van der Waals surface area contributed by atoms with Crippen LogP contribution in [0.1, 0.15) is 34.9 Å². The first-order chi connectivity index (χ1) is 12.2.